The van der Waals surface area contributed by atoms with Crippen LogP contribution in [0.4, 0.5) is 0 Å². The minimum atomic E-state index is 0.237. The Morgan fingerprint density at radius 2 is 0.972 bits per heavy atom. The molecule has 2 aliphatic rings. The Kier molecular flexibility index (Phi) is 6.38. The van der Waals surface area contributed by atoms with Crippen molar-refractivity contribution >= 4 is 23.2 Å². The Labute approximate surface area is 221 Å². The molecule has 4 N–H and O–H groups in total. The molecule has 2 aromatic carbocycles. The molecule has 186 valence electrons. The molecule has 0 unspecified atom stereocenters. The van der Waals surface area contributed by atoms with Crippen molar-refractivity contribution < 1.29 is 0 Å². The van der Waals surface area contributed by atoms with Gasteiger partial charge >= 0.3 is 0 Å². The van der Waals surface area contributed by atoms with E-state index in [1.165, 1.54) is 0 Å². The SMILES string of the molecule is C[C@@H]1CN[C@H](c2nc(-c3ccc(-c4ccc(-c5nc([C@@H]6C[C@H](C)CN6)[nH]c5Cl)cc4)cc3)c(Cl)[nH]2)C1. The zero-order valence-electron chi connectivity index (χ0n) is 20.4. The number of H-pyrrole nitrogens is 2. The van der Waals surface area contributed by atoms with E-state index in [1.54, 1.807) is 0 Å². The molecule has 2 aliphatic heterocycles. The molecule has 0 radical (unpaired) electrons. The summed E-state index contributed by atoms with van der Waals surface area (Å²) >= 11 is 13.0. The molecule has 2 aromatic heterocycles. The summed E-state index contributed by atoms with van der Waals surface area (Å²) in [4.78, 5) is 16.2. The van der Waals surface area contributed by atoms with Gasteiger partial charge in [-0.15, -0.1) is 0 Å². The van der Waals surface area contributed by atoms with Crippen LogP contribution in [0.5, 0.6) is 0 Å². The molecule has 6 nitrogen and oxygen atoms in total. The number of benzene rings is 2. The Morgan fingerprint density at radius 1 is 0.611 bits per heavy atom. The first-order valence-corrected chi connectivity index (χ1v) is 13.4. The molecule has 0 amide bonds. The Hall–Kier alpha value is -2.64. The van der Waals surface area contributed by atoms with Gasteiger partial charge < -0.3 is 20.6 Å². The summed E-state index contributed by atoms with van der Waals surface area (Å²) in [5.41, 5.74) is 5.84. The highest BCUT2D eigenvalue weighted by atomic mass is 35.5. The standard InChI is InChI=1S/C28H30Cl2N6/c1-15-11-21(31-13-15)27-33-23(25(29)35-27)19-7-3-17(4-8-19)18-5-9-20(10-6-18)24-26(30)36-28(34-24)22-12-16(2)14-32-22/h3-10,15-16,21-22,31-32H,11-14H2,1-2H3,(H,33,35)(H,34,36)/t15-,16-,21-,22-/m0/s1. The molecule has 4 heterocycles. The molecule has 8 heteroatoms. The summed E-state index contributed by atoms with van der Waals surface area (Å²) in [6.07, 6.45) is 2.14. The highest BCUT2D eigenvalue weighted by molar-refractivity contribution is 6.32. The van der Waals surface area contributed by atoms with Gasteiger partial charge in [0, 0.05) is 11.1 Å². The van der Waals surface area contributed by atoms with Crippen LogP contribution in [0.1, 0.15) is 50.4 Å². The normalized spacial score (nSPS) is 24.0. The number of aromatic amines is 2. The minimum Gasteiger partial charge on any atom is -0.331 e. The van der Waals surface area contributed by atoms with Crippen molar-refractivity contribution in [2.75, 3.05) is 13.1 Å². The molecule has 4 aromatic rings. The van der Waals surface area contributed by atoms with E-state index in [0.717, 1.165) is 71.2 Å². The third-order valence-electron chi connectivity index (χ3n) is 7.37. The molecular formula is C28H30Cl2N6. The predicted molar refractivity (Wildman–Crippen MR) is 146 cm³/mol. The predicted octanol–water partition coefficient (Wildman–Crippen LogP) is 6.78. The molecule has 0 saturated carbocycles. The fraction of sp³-hybridized carbons (Fsp3) is 0.357. The topological polar surface area (TPSA) is 81.4 Å². The first-order valence-electron chi connectivity index (χ1n) is 12.6. The average Bonchev–Trinajstić information content (AvgIpc) is 3.67. The first kappa shape index (κ1) is 23.7. The summed E-state index contributed by atoms with van der Waals surface area (Å²) in [5.74, 6) is 3.12. The van der Waals surface area contributed by atoms with Crippen LogP contribution in [0.15, 0.2) is 48.5 Å². The van der Waals surface area contributed by atoms with E-state index in [0.29, 0.717) is 22.1 Å². The number of hydrogen-bond donors (Lipinski definition) is 4. The van der Waals surface area contributed by atoms with E-state index in [9.17, 15) is 0 Å². The maximum atomic E-state index is 6.52. The van der Waals surface area contributed by atoms with Crippen LogP contribution in [0, 0.1) is 11.8 Å². The van der Waals surface area contributed by atoms with Gasteiger partial charge in [0.15, 0.2) is 0 Å². The first-order chi connectivity index (χ1) is 17.4. The monoisotopic (exact) mass is 520 g/mol. The highest BCUT2D eigenvalue weighted by Gasteiger charge is 2.27. The molecule has 4 atom stereocenters. The Balaban J connectivity index is 1.19. The number of rotatable bonds is 5. The van der Waals surface area contributed by atoms with Gasteiger partial charge in [0.1, 0.15) is 33.3 Å². The molecule has 0 aliphatic carbocycles. The quantitative estimate of drug-likeness (QED) is 0.233. The van der Waals surface area contributed by atoms with Crippen LogP contribution in [0.3, 0.4) is 0 Å². The fourth-order valence-corrected chi connectivity index (χ4v) is 5.83. The van der Waals surface area contributed by atoms with E-state index < -0.39 is 0 Å². The molecule has 2 fully saturated rings. The zero-order valence-corrected chi connectivity index (χ0v) is 21.9. The fourth-order valence-electron chi connectivity index (χ4n) is 5.33. The van der Waals surface area contributed by atoms with E-state index in [1.807, 2.05) is 0 Å². The Morgan fingerprint density at radius 3 is 1.31 bits per heavy atom. The van der Waals surface area contributed by atoms with Crippen LogP contribution in [-0.4, -0.2) is 33.0 Å². The number of hydrogen-bond acceptors (Lipinski definition) is 4. The van der Waals surface area contributed by atoms with E-state index in [-0.39, 0.29) is 12.1 Å². The molecule has 2 saturated heterocycles. The van der Waals surface area contributed by atoms with Gasteiger partial charge in [-0.2, -0.15) is 0 Å². The van der Waals surface area contributed by atoms with Crippen LogP contribution in [-0.2, 0) is 0 Å². The third kappa shape index (κ3) is 4.59. The summed E-state index contributed by atoms with van der Waals surface area (Å²) in [6.45, 7) is 6.52. The Bertz CT molecular complexity index is 1250. The van der Waals surface area contributed by atoms with Crippen molar-refractivity contribution in [3.8, 4) is 33.6 Å². The van der Waals surface area contributed by atoms with Crippen molar-refractivity contribution in [1.82, 2.24) is 30.6 Å². The van der Waals surface area contributed by atoms with E-state index >= 15 is 0 Å². The second-order valence-corrected chi connectivity index (χ2v) is 11.1. The number of imidazole rings is 2. The van der Waals surface area contributed by atoms with Gasteiger partial charge in [-0.25, -0.2) is 9.97 Å². The van der Waals surface area contributed by atoms with Gasteiger partial charge in [0.2, 0.25) is 0 Å². The lowest BCUT2D eigenvalue weighted by Gasteiger charge is -2.06. The lowest BCUT2D eigenvalue weighted by molar-refractivity contribution is 0.588. The lowest BCUT2D eigenvalue weighted by atomic mass is 10.0. The molecular weight excluding hydrogens is 491 g/mol. The molecule has 0 spiro atoms. The molecule has 6 rings (SSSR count). The van der Waals surface area contributed by atoms with E-state index in [4.69, 9.17) is 33.2 Å². The zero-order chi connectivity index (χ0) is 24.8. The van der Waals surface area contributed by atoms with Crippen molar-refractivity contribution in [3.05, 3.63) is 70.5 Å². The summed E-state index contributed by atoms with van der Waals surface area (Å²) in [7, 11) is 0. The summed E-state index contributed by atoms with van der Waals surface area (Å²) in [6, 6.07) is 17.2. The minimum absolute atomic E-state index is 0.237. The number of nitrogens with one attached hydrogen (secondary N) is 4. The number of nitrogens with zero attached hydrogens (tertiary/aromatic N) is 2. The van der Waals surface area contributed by atoms with Gasteiger partial charge in [0.05, 0.1) is 12.1 Å². The van der Waals surface area contributed by atoms with Gasteiger partial charge in [-0.3, -0.25) is 0 Å². The molecule has 0 bridgehead atoms. The van der Waals surface area contributed by atoms with Crippen molar-refractivity contribution in [3.63, 3.8) is 0 Å². The third-order valence-corrected chi connectivity index (χ3v) is 7.91. The summed E-state index contributed by atoms with van der Waals surface area (Å²) in [5, 5.41) is 8.19. The van der Waals surface area contributed by atoms with Crippen molar-refractivity contribution in [1.29, 1.82) is 0 Å². The van der Waals surface area contributed by atoms with Gasteiger partial charge in [0.25, 0.3) is 0 Å². The van der Waals surface area contributed by atoms with Crippen LogP contribution in [0.25, 0.3) is 33.6 Å². The lowest BCUT2D eigenvalue weighted by Crippen LogP contribution is -2.14. The number of aromatic nitrogens is 4. The van der Waals surface area contributed by atoms with Crippen molar-refractivity contribution in [2.24, 2.45) is 11.8 Å². The van der Waals surface area contributed by atoms with Gasteiger partial charge in [-0.05, 0) is 48.9 Å². The van der Waals surface area contributed by atoms with Crippen LogP contribution < -0.4 is 10.6 Å². The maximum absolute atomic E-state index is 6.52. The van der Waals surface area contributed by atoms with Crippen LogP contribution >= 0.6 is 23.2 Å². The second-order valence-electron chi connectivity index (χ2n) is 10.3. The van der Waals surface area contributed by atoms with Crippen molar-refractivity contribution in [2.45, 2.75) is 38.8 Å². The smallest absolute Gasteiger partial charge is 0.134 e. The average molecular weight is 521 g/mol. The molecule has 36 heavy (non-hydrogen) atoms. The number of halogens is 2. The van der Waals surface area contributed by atoms with Crippen LogP contribution in [0.2, 0.25) is 10.3 Å². The van der Waals surface area contributed by atoms with Gasteiger partial charge in [-0.1, -0.05) is 85.6 Å². The summed E-state index contributed by atoms with van der Waals surface area (Å²) < 4.78 is 0. The maximum Gasteiger partial charge on any atom is 0.134 e. The second kappa shape index (κ2) is 9.67. The highest BCUT2D eigenvalue weighted by Crippen LogP contribution is 2.34. The van der Waals surface area contributed by atoms with E-state index in [2.05, 4.69) is 83.0 Å². The largest absolute Gasteiger partial charge is 0.331 e.